The van der Waals surface area contributed by atoms with E-state index >= 15 is 0 Å². The van der Waals surface area contributed by atoms with Gasteiger partial charge in [-0.1, -0.05) is 55.7 Å². The van der Waals surface area contributed by atoms with Crippen LogP contribution in [0.5, 0.6) is 0 Å². The number of para-hydroxylation sites is 1. The Hall–Kier alpha value is -2.09. The Morgan fingerprint density at radius 1 is 1.15 bits per heavy atom. The molecule has 0 amide bonds. The van der Waals surface area contributed by atoms with Crippen LogP contribution in [-0.2, 0) is 10.1 Å². The predicted molar refractivity (Wildman–Crippen MR) is 144 cm³/mol. The highest BCUT2D eigenvalue weighted by atomic mass is 32.2. The molecular formula is C24H23N2O3PS3. The lowest BCUT2D eigenvalue weighted by molar-refractivity contribution is 0.482. The summed E-state index contributed by atoms with van der Waals surface area (Å²) in [4.78, 5) is 7.97. The number of rotatable bonds is 6. The minimum atomic E-state index is -3.95. The Morgan fingerprint density at radius 3 is 2.73 bits per heavy atom. The van der Waals surface area contributed by atoms with Crippen LogP contribution in [0.1, 0.15) is 17.0 Å². The summed E-state index contributed by atoms with van der Waals surface area (Å²) in [5.74, 6) is -0.195. The number of thioether (sulfide) groups is 1. The second-order valence-electron chi connectivity index (χ2n) is 7.87. The van der Waals surface area contributed by atoms with Crippen molar-refractivity contribution in [3.05, 3.63) is 82.8 Å². The highest BCUT2D eigenvalue weighted by Gasteiger charge is 2.25. The number of anilines is 1. The van der Waals surface area contributed by atoms with Crippen LogP contribution in [0, 0.1) is 0 Å². The van der Waals surface area contributed by atoms with Crippen molar-refractivity contribution in [2.75, 3.05) is 23.9 Å². The molecule has 9 heteroatoms. The smallest absolute Gasteiger partial charge is 0.264 e. The van der Waals surface area contributed by atoms with Gasteiger partial charge in [0.15, 0.2) is 0 Å². The van der Waals surface area contributed by atoms with Crippen molar-refractivity contribution < 1.29 is 13.0 Å². The maximum atomic E-state index is 11.3. The van der Waals surface area contributed by atoms with Gasteiger partial charge in [0.25, 0.3) is 10.1 Å². The number of hydrogen-bond acceptors (Lipinski definition) is 6. The number of thiazole rings is 1. The molecule has 3 aromatic rings. The molecule has 1 N–H and O–H groups in total. The fourth-order valence-electron chi connectivity index (χ4n) is 4.20. The molecule has 0 aliphatic carbocycles. The van der Waals surface area contributed by atoms with Crippen LogP contribution >= 0.6 is 30.6 Å². The van der Waals surface area contributed by atoms with Crippen LogP contribution in [0.15, 0.2) is 77.2 Å². The fourth-order valence-corrected chi connectivity index (χ4v) is 10.7. The van der Waals surface area contributed by atoms with Gasteiger partial charge in [-0.3, -0.25) is 4.55 Å². The monoisotopic (exact) mass is 514 g/mol. The molecule has 0 saturated carbocycles. The Morgan fingerprint density at radius 2 is 1.94 bits per heavy atom. The number of hydrogen-bond donors (Lipinski definition) is 1. The Bertz CT molecular complexity index is 1410. The number of allylic oxidation sites excluding steroid dienone is 2. The van der Waals surface area contributed by atoms with E-state index in [1.807, 2.05) is 23.7 Å². The fraction of sp³-hybridized carbons (Fsp3) is 0.167. The predicted octanol–water partition coefficient (Wildman–Crippen LogP) is 5.07. The van der Waals surface area contributed by atoms with Crippen LogP contribution in [0.3, 0.4) is 0 Å². The maximum Gasteiger partial charge on any atom is 0.264 e. The van der Waals surface area contributed by atoms with Crippen LogP contribution in [0.25, 0.3) is 11.3 Å². The molecule has 2 aromatic carbocycles. The molecule has 1 atom stereocenters. The molecule has 170 valence electrons. The summed E-state index contributed by atoms with van der Waals surface area (Å²) in [7, 11) is -3.02. The van der Waals surface area contributed by atoms with E-state index in [1.54, 1.807) is 23.1 Å². The number of fused-ring (bicyclic) bond motifs is 2. The third-order valence-corrected chi connectivity index (χ3v) is 12.1. The normalized spacial score (nSPS) is 18.9. The van der Waals surface area contributed by atoms with E-state index in [1.165, 1.54) is 20.4 Å². The molecule has 2 aliphatic heterocycles. The quantitative estimate of drug-likeness (QED) is 0.366. The Labute approximate surface area is 203 Å². The van der Waals surface area contributed by atoms with Gasteiger partial charge in [-0.25, -0.2) is 4.98 Å². The third-order valence-electron chi connectivity index (χ3n) is 5.73. The molecule has 5 nitrogen and oxygen atoms in total. The molecular weight excluding hydrogens is 491 g/mol. The zero-order valence-electron chi connectivity index (χ0n) is 17.9. The van der Waals surface area contributed by atoms with Gasteiger partial charge in [0, 0.05) is 39.4 Å². The number of aromatic nitrogens is 1. The average molecular weight is 515 g/mol. The van der Waals surface area contributed by atoms with E-state index in [9.17, 15) is 13.0 Å². The maximum absolute atomic E-state index is 11.3. The standard InChI is InChI=1S/C24H23N2O3PS3/c1-26-19-8-3-2-7-18(19)17(15-20(26)24-25-11-13-31-24)16-23-30(12-6-14-33(27,28)29)21-9-4-5-10-22(21)32-23/h2-5,7-11,13,15-16,30H,6,12,14H2,1H3,(H,27,28,29)/b17-16+. The van der Waals surface area contributed by atoms with Crippen molar-refractivity contribution in [1.29, 1.82) is 0 Å². The summed E-state index contributed by atoms with van der Waals surface area (Å²) < 4.78 is 33.1. The summed E-state index contributed by atoms with van der Waals surface area (Å²) in [6.45, 7) is 0. The zero-order valence-corrected chi connectivity index (χ0v) is 21.4. The highest BCUT2D eigenvalue weighted by Crippen LogP contribution is 2.46. The molecule has 0 saturated heterocycles. The van der Waals surface area contributed by atoms with Gasteiger partial charge in [0.2, 0.25) is 0 Å². The van der Waals surface area contributed by atoms with Crippen molar-refractivity contribution in [2.45, 2.75) is 11.3 Å². The van der Waals surface area contributed by atoms with Crippen molar-refractivity contribution in [3.63, 3.8) is 0 Å². The third kappa shape index (κ3) is 4.77. The lowest BCUT2D eigenvalue weighted by Crippen LogP contribution is -2.20. The van der Waals surface area contributed by atoms with E-state index in [4.69, 9.17) is 0 Å². The number of nitrogens with zero attached hydrogens (tertiary/aromatic N) is 2. The highest BCUT2D eigenvalue weighted by molar-refractivity contribution is 8.23. The SMILES string of the molecule is CN1C(c2nccs2)=C/C(=C\C2=[PH](CCCS(=O)(=O)O)c3ccccc3S2)c2ccccc21. The van der Waals surface area contributed by atoms with Gasteiger partial charge in [0.05, 0.1) is 11.4 Å². The van der Waals surface area contributed by atoms with Gasteiger partial charge in [-0.15, -0.1) is 11.3 Å². The molecule has 3 heterocycles. The van der Waals surface area contributed by atoms with E-state index < -0.39 is 17.7 Å². The minimum absolute atomic E-state index is 0.195. The van der Waals surface area contributed by atoms with Crippen molar-refractivity contribution in [1.82, 2.24) is 4.98 Å². The first-order valence-electron chi connectivity index (χ1n) is 10.5. The molecule has 0 radical (unpaired) electrons. The molecule has 5 rings (SSSR count). The van der Waals surface area contributed by atoms with Gasteiger partial charge in [-0.05, 0) is 47.7 Å². The van der Waals surface area contributed by atoms with Crippen LogP contribution in [0.2, 0.25) is 0 Å². The first-order chi connectivity index (χ1) is 15.9. The molecule has 1 aromatic heterocycles. The molecule has 0 bridgehead atoms. The minimum Gasteiger partial charge on any atom is -0.342 e. The Kier molecular flexibility index (Phi) is 6.38. The van der Waals surface area contributed by atoms with Gasteiger partial charge >= 0.3 is 0 Å². The topological polar surface area (TPSA) is 70.5 Å². The molecule has 33 heavy (non-hydrogen) atoms. The zero-order chi connectivity index (χ0) is 23.0. The molecule has 0 spiro atoms. The van der Waals surface area contributed by atoms with E-state index in [0.29, 0.717) is 6.42 Å². The van der Waals surface area contributed by atoms with Crippen molar-refractivity contribution >= 4 is 67.6 Å². The lowest BCUT2D eigenvalue weighted by atomic mass is 9.97. The summed E-state index contributed by atoms with van der Waals surface area (Å²) in [6.07, 6.45) is 7.53. The largest absolute Gasteiger partial charge is 0.342 e. The summed E-state index contributed by atoms with van der Waals surface area (Å²) in [5, 5.41) is 4.28. The van der Waals surface area contributed by atoms with Gasteiger partial charge in [0.1, 0.15) is 5.01 Å². The first kappa shape index (κ1) is 22.7. The van der Waals surface area contributed by atoms with Crippen LogP contribution < -0.4 is 10.2 Å². The summed E-state index contributed by atoms with van der Waals surface area (Å²) >= 11 is 3.41. The molecule has 1 unspecified atom stereocenters. The Balaban J connectivity index is 1.61. The number of benzene rings is 2. The molecule has 2 aliphatic rings. The lowest BCUT2D eigenvalue weighted by Gasteiger charge is -2.29. The van der Waals surface area contributed by atoms with Gasteiger partial charge < -0.3 is 4.90 Å². The van der Waals surface area contributed by atoms with Gasteiger partial charge in [-0.2, -0.15) is 8.42 Å². The van der Waals surface area contributed by atoms with Crippen molar-refractivity contribution in [3.8, 4) is 0 Å². The average Bonchev–Trinajstić information content (AvgIpc) is 3.44. The van der Waals surface area contributed by atoms with E-state index in [2.05, 4.69) is 65.5 Å². The van der Waals surface area contributed by atoms with E-state index in [-0.39, 0.29) is 5.75 Å². The van der Waals surface area contributed by atoms with Crippen LogP contribution in [-0.4, -0.2) is 41.5 Å². The second kappa shape index (κ2) is 9.28. The van der Waals surface area contributed by atoms with Crippen molar-refractivity contribution in [2.24, 2.45) is 0 Å². The first-order valence-corrected chi connectivity index (χ1v) is 15.5. The molecule has 0 fully saturated rings. The summed E-state index contributed by atoms with van der Waals surface area (Å²) in [5.41, 5.74) is 4.51. The van der Waals surface area contributed by atoms with Crippen LogP contribution in [0.4, 0.5) is 5.69 Å². The summed E-state index contributed by atoms with van der Waals surface area (Å²) in [6, 6.07) is 16.8. The van der Waals surface area contributed by atoms with E-state index in [0.717, 1.165) is 28.1 Å². The second-order valence-corrected chi connectivity index (χ2v) is 14.3.